The SMILES string of the molecule is CCC1CN(CCOc2ccc(Cn3c(-c4ccccc4)c(C)c4ccccc43)cc2)C1. The van der Waals surface area contributed by atoms with Crippen molar-refractivity contribution in [3.63, 3.8) is 0 Å². The molecule has 4 aromatic rings. The molecule has 1 saturated heterocycles. The largest absolute Gasteiger partial charge is 0.492 e. The summed E-state index contributed by atoms with van der Waals surface area (Å²) in [6.07, 6.45) is 1.29. The lowest BCUT2D eigenvalue weighted by atomic mass is 9.98. The molecule has 1 aliphatic heterocycles. The highest BCUT2D eigenvalue weighted by Gasteiger charge is 2.24. The maximum atomic E-state index is 6.01. The van der Waals surface area contributed by atoms with Gasteiger partial charge in [-0.2, -0.15) is 0 Å². The van der Waals surface area contributed by atoms with Gasteiger partial charge in [0.05, 0.1) is 5.69 Å². The van der Waals surface area contributed by atoms with Gasteiger partial charge in [-0.3, -0.25) is 4.90 Å². The van der Waals surface area contributed by atoms with Gasteiger partial charge in [-0.1, -0.05) is 74.0 Å². The van der Waals surface area contributed by atoms with E-state index >= 15 is 0 Å². The molecule has 5 rings (SSSR count). The molecule has 1 fully saturated rings. The Labute approximate surface area is 191 Å². The van der Waals surface area contributed by atoms with Crippen LogP contribution in [0.1, 0.15) is 24.5 Å². The van der Waals surface area contributed by atoms with E-state index in [0.717, 1.165) is 31.4 Å². The Hall–Kier alpha value is -3.04. The number of hydrogen-bond acceptors (Lipinski definition) is 2. The number of ether oxygens (including phenoxy) is 1. The number of benzene rings is 3. The average molecular weight is 425 g/mol. The van der Waals surface area contributed by atoms with Gasteiger partial charge in [-0.15, -0.1) is 0 Å². The van der Waals surface area contributed by atoms with Crippen LogP contribution in [0.5, 0.6) is 5.75 Å². The fourth-order valence-electron chi connectivity index (χ4n) is 4.89. The van der Waals surface area contributed by atoms with Gasteiger partial charge in [-0.05, 0) is 47.7 Å². The minimum Gasteiger partial charge on any atom is -0.492 e. The average Bonchev–Trinajstić information content (AvgIpc) is 3.08. The van der Waals surface area contributed by atoms with Crippen LogP contribution in [0, 0.1) is 12.8 Å². The van der Waals surface area contributed by atoms with Crippen LogP contribution in [-0.4, -0.2) is 35.7 Å². The molecule has 1 aromatic heterocycles. The van der Waals surface area contributed by atoms with Gasteiger partial charge in [0.1, 0.15) is 12.4 Å². The zero-order valence-corrected chi connectivity index (χ0v) is 19.1. The standard InChI is InChI=1S/C29H32N2O/c1-3-23-19-30(20-23)17-18-32-26-15-13-24(14-16-26)21-31-28-12-8-7-11-27(28)22(2)29(31)25-9-5-4-6-10-25/h4-16,23H,3,17-21H2,1-2H3. The number of aryl methyl sites for hydroxylation is 1. The quantitative estimate of drug-likeness (QED) is 0.326. The number of para-hydroxylation sites is 1. The zero-order chi connectivity index (χ0) is 21.9. The van der Waals surface area contributed by atoms with E-state index < -0.39 is 0 Å². The lowest BCUT2D eigenvalue weighted by Crippen LogP contribution is -2.47. The molecule has 3 nitrogen and oxygen atoms in total. The molecule has 3 aromatic carbocycles. The van der Waals surface area contributed by atoms with Crippen LogP contribution in [0.15, 0.2) is 78.9 Å². The van der Waals surface area contributed by atoms with Crippen molar-refractivity contribution in [1.82, 2.24) is 9.47 Å². The van der Waals surface area contributed by atoms with Crippen molar-refractivity contribution in [2.24, 2.45) is 5.92 Å². The fourth-order valence-corrected chi connectivity index (χ4v) is 4.89. The molecule has 0 spiro atoms. The maximum absolute atomic E-state index is 6.01. The Morgan fingerprint density at radius 1 is 0.875 bits per heavy atom. The molecule has 0 N–H and O–H groups in total. The summed E-state index contributed by atoms with van der Waals surface area (Å²) < 4.78 is 8.45. The number of aromatic nitrogens is 1. The van der Waals surface area contributed by atoms with Gasteiger partial charge < -0.3 is 9.30 Å². The Kier molecular flexibility index (Phi) is 6.00. The van der Waals surface area contributed by atoms with E-state index in [1.165, 1.54) is 52.8 Å². The number of hydrogen-bond donors (Lipinski definition) is 0. The van der Waals surface area contributed by atoms with Gasteiger partial charge in [0, 0.05) is 37.1 Å². The summed E-state index contributed by atoms with van der Waals surface area (Å²) in [5.41, 5.74) is 6.46. The van der Waals surface area contributed by atoms with Crippen molar-refractivity contribution >= 4 is 10.9 Å². The Balaban J connectivity index is 1.32. The third kappa shape index (κ3) is 4.18. The van der Waals surface area contributed by atoms with Crippen molar-refractivity contribution in [3.05, 3.63) is 90.0 Å². The molecule has 0 unspecified atom stereocenters. The van der Waals surface area contributed by atoms with Crippen LogP contribution < -0.4 is 4.74 Å². The summed E-state index contributed by atoms with van der Waals surface area (Å²) >= 11 is 0. The molecule has 0 aliphatic carbocycles. The van der Waals surface area contributed by atoms with Crippen molar-refractivity contribution in [3.8, 4) is 17.0 Å². The Morgan fingerprint density at radius 2 is 1.59 bits per heavy atom. The van der Waals surface area contributed by atoms with E-state index in [4.69, 9.17) is 4.74 Å². The first kappa shape index (κ1) is 20.8. The summed E-state index contributed by atoms with van der Waals surface area (Å²) in [6.45, 7) is 9.59. The predicted octanol–water partition coefficient (Wildman–Crippen LogP) is 6.39. The summed E-state index contributed by atoms with van der Waals surface area (Å²) in [6, 6.07) is 28.1. The van der Waals surface area contributed by atoms with E-state index in [-0.39, 0.29) is 0 Å². The summed E-state index contributed by atoms with van der Waals surface area (Å²) in [5.74, 6) is 1.85. The van der Waals surface area contributed by atoms with E-state index in [0.29, 0.717) is 0 Å². The van der Waals surface area contributed by atoms with Crippen LogP contribution in [0.4, 0.5) is 0 Å². The molecule has 32 heavy (non-hydrogen) atoms. The van der Waals surface area contributed by atoms with Crippen LogP contribution in [0.25, 0.3) is 22.2 Å². The second-order valence-electron chi connectivity index (χ2n) is 8.97. The Bertz CT molecular complexity index is 1170. The molecule has 164 valence electrons. The lowest BCUT2D eigenvalue weighted by Gasteiger charge is -2.38. The molecule has 0 atom stereocenters. The van der Waals surface area contributed by atoms with Crippen LogP contribution >= 0.6 is 0 Å². The molecule has 1 aliphatic rings. The minimum absolute atomic E-state index is 0.759. The second kappa shape index (κ2) is 9.22. The number of nitrogens with zero attached hydrogens (tertiary/aromatic N) is 2. The lowest BCUT2D eigenvalue weighted by molar-refractivity contribution is 0.0806. The summed E-state index contributed by atoms with van der Waals surface area (Å²) in [7, 11) is 0. The van der Waals surface area contributed by atoms with E-state index in [9.17, 15) is 0 Å². The molecule has 0 saturated carbocycles. The van der Waals surface area contributed by atoms with Crippen LogP contribution in [0.2, 0.25) is 0 Å². The zero-order valence-electron chi connectivity index (χ0n) is 19.1. The number of likely N-dealkylation sites (tertiary alicyclic amines) is 1. The highest BCUT2D eigenvalue weighted by Crippen LogP contribution is 2.34. The first-order chi connectivity index (χ1) is 15.7. The van der Waals surface area contributed by atoms with E-state index in [1.54, 1.807) is 0 Å². The van der Waals surface area contributed by atoms with E-state index in [2.05, 4.69) is 102 Å². The molecular formula is C29H32N2O. The monoisotopic (exact) mass is 424 g/mol. The molecule has 3 heteroatoms. The summed E-state index contributed by atoms with van der Waals surface area (Å²) in [4.78, 5) is 2.48. The third-order valence-electron chi connectivity index (χ3n) is 6.82. The second-order valence-corrected chi connectivity index (χ2v) is 8.97. The molecule has 0 amide bonds. The fraction of sp³-hybridized carbons (Fsp3) is 0.310. The molecule has 2 heterocycles. The van der Waals surface area contributed by atoms with Gasteiger partial charge in [0.2, 0.25) is 0 Å². The first-order valence-electron chi connectivity index (χ1n) is 11.8. The van der Waals surface area contributed by atoms with Gasteiger partial charge in [0.25, 0.3) is 0 Å². The van der Waals surface area contributed by atoms with E-state index in [1.807, 2.05) is 0 Å². The van der Waals surface area contributed by atoms with Gasteiger partial charge >= 0.3 is 0 Å². The Morgan fingerprint density at radius 3 is 2.34 bits per heavy atom. The van der Waals surface area contributed by atoms with Crippen molar-refractivity contribution in [1.29, 1.82) is 0 Å². The number of rotatable bonds is 8. The van der Waals surface area contributed by atoms with Gasteiger partial charge in [-0.25, -0.2) is 0 Å². The highest BCUT2D eigenvalue weighted by molar-refractivity contribution is 5.91. The predicted molar refractivity (Wildman–Crippen MR) is 133 cm³/mol. The highest BCUT2D eigenvalue weighted by atomic mass is 16.5. The first-order valence-corrected chi connectivity index (χ1v) is 11.8. The molecule has 0 radical (unpaired) electrons. The van der Waals surface area contributed by atoms with Crippen molar-refractivity contribution in [2.75, 3.05) is 26.2 Å². The van der Waals surface area contributed by atoms with Crippen LogP contribution in [-0.2, 0) is 6.54 Å². The smallest absolute Gasteiger partial charge is 0.119 e. The minimum atomic E-state index is 0.759. The normalized spacial score (nSPS) is 14.6. The summed E-state index contributed by atoms with van der Waals surface area (Å²) in [5, 5.41) is 1.32. The number of fused-ring (bicyclic) bond motifs is 1. The maximum Gasteiger partial charge on any atom is 0.119 e. The molecular weight excluding hydrogens is 392 g/mol. The molecule has 0 bridgehead atoms. The topological polar surface area (TPSA) is 17.4 Å². The van der Waals surface area contributed by atoms with Crippen molar-refractivity contribution in [2.45, 2.75) is 26.8 Å². The third-order valence-corrected chi connectivity index (χ3v) is 6.82. The van der Waals surface area contributed by atoms with Crippen molar-refractivity contribution < 1.29 is 4.74 Å². The van der Waals surface area contributed by atoms with Crippen LogP contribution in [0.3, 0.4) is 0 Å². The van der Waals surface area contributed by atoms with Gasteiger partial charge in [0.15, 0.2) is 0 Å².